The lowest BCUT2D eigenvalue weighted by Crippen LogP contribution is -2.21. The van der Waals surface area contributed by atoms with Gasteiger partial charge in [-0.3, -0.25) is 10.1 Å². The number of pyridine rings is 1. The molecule has 3 rings (SSSR count). The fraction of sp³-hybridized carbons (Fsp3) is 0.235. The third-order valence-corrected chi connectivity index (χ3v) is 4.63. The molecule has 0 N–H and O–H groups in total. The van der Waals surface area contributed by atoms with Crippen LogP contribution in [-0.2, 0) is 0 Å². The third-order valence-electron chi connectivity index (χ3n) is 3.78. The van der Waals surface area contributed by atoms with Gasteiger partial charge in [-0.1, -0.05) is 0 Å². The van der Waals surface area contributed by atoms with Gasteiger partial charge in [-0.25, -0.2) is 4.98 Å². The first-order valence-electron chi connectivity index (χ1n) is 8.08. The van der Waals surface area contributed by atoms with Gasteiger partial charge < -0.3 is 9.32 Å². The molecule has 134 valence electrons. The molecule has 9 heteroatoms. The monoisotopic (exact) mass is 371 g/mol. The molecule has 8 nitrogen and oxygen atoms in total. The fourth-order valence-corrected chi connectivity index (χ4v) is 3.18. The Morgan fingerprint density at radius 3 is 2.54 bits per heavy atom. The fourth-order valence-electron chi connectivity index (χ4n) is 2.45. The Hall–Kier alpha value is -2.94. The quantitative estimate of drug-likeness (QED) is 0.453. The summed E-state index contributed by atoms with van der Waals surface area (Å²) in [6.07, 6.45) is 1.48. The number of aromatic nitrogens is 3. The maximum absolute atomic E-state index is 11.1. The van der Waals surface area contributed by atoms with E-state index in [4.69, 9.17) is 4.42 Å². The predicted octanol–water partition coefficient (Wildman–Crippen LogP) is 4.04. The summed E-state index contributed by atoms with van der Waals surface area (Å²) in [7, 11) is 0. The van der Waals surface area contributed by atoms with Crippen LogP contribution in [0.1, 0.15) is 13.8 Å². The lowest BCUT2D eigenvalue weighted by atomic mass is 10.2. The molecule has 2 aromatic heterocycles. The van der Waals surface area contributed by atoms with Gasteiger partial charge in [0.15, 0.2) is 5.03 Å². The van der Waals surface area contributed by atoms with Crippen LogP contribution in [0.4, 0.5) is 11.4 Å². The number of nitro groups is 1. The second-order valence-electron chi connectivity index (χ2n) is 5.28. The Morgan fingerprint density at radius 2 is 1.88 bits per heavy atom. The van der Waals surface area contributed by atoms with Crippen LogP contribution in [0, 0.1) is 10.1 Å². The third kappa shape index (κ3) is 3.83. The minimum Gasteiger partial charge on any atom is -0.411 e. The molecule has 0 aliphatic rings. The first kappa shape index (κ1) is 17.9. The van der Waals surface area contributed by atoms with Crippen molar-refractivity contribution in [3.63, 3.8) is 0 Å². The molecular formula is C17H17N5O3S. The van der Waals surface area contributed by atoms with Crippen LogP contribution < -0.4 is 4.90 Å². The summed E-state index contributed by atoms with van der Waals surface area (Å²) in [5, 5.41) is 19.4. The van der Waals surface area contributed by atoms with Crippen LogP contribution in [0.15, 0.2) is 57.3 Å². The van der Waals surface area contributed by atoms with Gasteiger partial charge in [-0.2, -0.15) is 0 Å². The Kier molecular flexibility index (Phi) is 5.47. The minimum atomic E-state index is -0.488. The Morgan fingerprint density at radius 1 is 1.15 bits per heavy atom. The summed E-state index contributed by atoms with van der Waals surface area (Å²) >= 11 is 0.972. The van der Waals surface area contributed by atoms with Gasteiger partial charge in [0.25, 0.3) is 5.22 Å². The van der Waals surface area contributed by atoms with Gasteiger partial charge in [-0.05, 0) is 55.9 Å². The van der Waals surface area contributed by atoms with E-state index in [2.05, 4.69) is 33.9 Å². The largest absolute Gasteiger partial charge is 0.411 e. The van der Waals surface area contributed by atoms with E-state index in [1.54, 1.807) is 0 Å². The summed E-state index contributed by atoms with van der Waals surface area (Å²) in [4.78, 5) is 16.8. The molecule has 0 radical (unpaired) electrons. The van der Waals surface area contributed by atoms with Crippen molar-refractivity contribution in [1.82, 2.24) is 15.2 Å². The molecule has 0 fully saturated rings. The van der Waals surface area contributed by atoms with Crippen molar-refractivity contribution in [2.24, 2.45) is 0 Å². The lowest BCUT2D eigenvalue weighted by Gasteiger charge is -2.20. The highest BCUT2D eigenvalue weighted by Gasteiger charge is 2.19. The summed E-state index contributed by atoms with van der Waals surface area (Å²) in [5.74, 6) is 0.359. The van der Waals surface area contributed by atoms with E-state index in [1.165, 1.54) is 18.3 Å². The second-order valence-corrected chi connectivity index (χ2v) is 6.22. The molecule has 0 unspecified atom stereocenters. The first-order chi connectivity index (χ1) is 12.6. The van der Waals surface area contributed by atoms with Crippen LogP contribution in [0.3, 0.4) is 0 Å². The summed E-state index contributed by atoms with van der Waals surface area (Å²) < 4.78 is 5.63. The number of nitrogens with zero attached hydrogens (tertiary/aromatic N) is 5. The van der Waals surface area contributed by atoms with Crippen molar-refractivity contribution in [2.75, 3.05) is 18.0 Å². The predicted molar refractivity (Wildman–Crippen MR) is 98.3 cm³/mol. The molecule has 0 spiro atoms. The SMILES string of the molecule is CCN(CC)c1ccc(-c2nnc(Sc3ncccc3[N+](=O)[O-])o2)cc1. The van der Waals surface area contributed by atoms with Gasteiger partial charge in [0.05, 0.1) is 4.92 Å². The van der Waals surface area contributed by atoms with Gasteiger partial charge in [-0.15, -0.1) is 10.2 Å². The van der Waals surface area contributed by atoms with Crippen LogP contribution in [-0.4, -0.2) is 33.2 Å². The van der Waals surface area contributed by atoms with E-state index in [0.717, 1.165) is 36.1 Å². The first-order valence-corrected chi connectivity index (χ1v) is 8.90. The molecule has 3 aromatic rings. The van der Waals surface area contributed by atoms with E-state index >= 15 is 0 Å². The number of hydrogen-bond donors (Lipinski definition) is 0. The lowest BCUT2D eigenvalue weighted by molar-refractivity contribution is -0.388. The highest BCUT2D eigenvalue weighted by Crippen LogP contribution is 2.33. The Bertz CT molecular complexity index is 893. The highest BCUT2D eigenvalue weighted by molar-refractivity contribution is 7.99. The van der Waals surface area contributed by atoms with Crippen molar-refractivity contribution in [2.45, 2.75) is 24.1 Å². The number of anilines is 1. The Labute approximate surface area is 154 Å². The summed E-state index contributed by atoms with van der Waals surface area (Å²) in [5.41, 5.74) is 1.81. The van der Waals surface area contributed by atoms with Crippen molar-refractivity contribution in [3.05, 3.63) is 52.7 Å². The molecule has 0 amide bonds. The van der Waals surface area contributed by atoms with E-state index in [1.807, 2.05) is 24.3 Å². The zero-order valence-corrected chi connectivity index (χ0v) is 15.1. The van der Waals surface area contributed by atoms with Crippen LogP contribution in [0.25, 0.3) is 11.5 Å². The van der Waals surface area contributed by atoms with Gasteiger partial charge in [0, 0.05) is 36.6 Å². The van der Waals surface area contributed by atoms with Crippen LogP contribution in [0.2, 0.25) is 0 Å². The summed E-state index contributed by atoms with van der Waals surface area (Å²) in [6.45, 7) is 6.07. The van der Waals surface area contributed by atoms with E-state index < -0.39 is 4.92 Å². The molecule has 0 atom stereocenters. The summed E-state index contributed by atoms with van der Waals surface area (Å²) in [6, 6.07) is 10.7. The molecule has 0 aliphatic heterocycles. The van der Waals surface area contributed by atoms with E-state index in [9.17, 15) is 10.1 Å². The molecule has 0 saturated heterocycles. The molecule has 26 heavy (non-hydrogen) atoms. The average Bonchev–Trinajstić information content (AvgIpc) is 3.12. The molecule has 1 aromatic carbocycles. The average molecular weight is 371 g/mol. The maximum Gasteiger partial charge on any atom is 0.301 e. The van der Waals surface area contributed by atoms with Crippen molar-refractivity contribution < 1.29 is 9.34 Å². The van der Waals surface area contributed by atoms with Gasteiger partial charge in [0.2, 0.25) is 5.89 Å². The molecule has 0 bridgehead atoms. The standard InChI is InChI=1S/C17H17N5O3S/c1-3-21(4-2)13-9-7-12(8-10-13)15-19-20-17(25-15)26-16-14(22(23)24)6-5-11-18-16/h5-11H,3-4H2,1-2H3. The van der Waals surface area contributed by atoms with Crippen molar-refractivity contribution in [1.29, 1.82) is 0 Å². The van der Waals surface area contributed by atoms with E-state index in [-0.39, 0.29) is 15.9 Å². The molecular weight excluding hydrogens is 354 g/mol. The van der Waals surface area contributed by atoms with Gasteiger partial charge in [0.1, 0.15) is 0 Å². The van der Waals surface area contributed by atoms with Gasteiger partial charge >= 0.3 is 5.69 Å². The smallest absolute Gasteiger partial charge is 0.301 e. The van der Waals surface area contributed by atoms with Crippen LogP contribution in [0.5, 0.6) is 0 Å². The molecule has 0 saturated carbocycles. The maximum atomic E-state index is 11.1. The molecule has 0 aliphatic carbocycles. The second kappa shape index (κ2) is 7.96. The van der Waals surface area contributed by atoms with E-state index in [0.29, 0.717) is 5.89 Å². The Balaban J connectivity index is 1.79. The number of rotatable bonds is 7. The normalized spacial score (nSPS) is 10.7. The van der Waals surface area contributed by atoms with Crippen molar-refractivity contribution >= 4 is 23.1 Å². The topological polar surface area (TPSA) is 98.2 Å². The number of benzene rings is 1. The molecule has 2 heterocycles. The van der Waals surface area contributed by atoms with Crippen molar-refractivity contribution in [3.8, 4) is 11.5 Å². The number of hydrogen-bond acceptors (Lipinski definition) is 8. The minimum absolute atomic E-state index is 0.0965. The zero-order valence-electron chi connectivity index (χ0n) is 14.3. The zero-order chi connectivity index (χ0) is 18.5. The highest BCUT2D eigenvalue weighted by atomic mass is 32.2. The van der Waals surface area contributed by atoms with Crippen LogP contribution >= 0.6 is 11.8 Å².